The molecule has 0 radical (unpaired) electrons. The Labute approximate surface area is 96.4 Å². The molecule has 0 spiro atoms. The summed E-state index contributed by atoms with van der Waals surface area (Å²) in [7, 11) is 0. The monoisotopic (exact) mass is 239 g/mol. The van der Waals surface area contributed by atoms with Crippen molar-refractivity contribution in [2.75, 3.05) is 11.5 Å². The Morgan fingerprint density at radius 3 is 2.75 bits per heavy atom. The van der Waals surface area contributed by atoms with Crippen LogP contribution in [0.3, 0.4) is 0 Å². The number of hydrogen-bond donors (Lipinski definition) is 1. The van der Waals surface area contributed by atoms with Gasteiger partial charge in [-0.05, 0) is 17.7 Å². The standard InChI is InChI=1S/C11H10FNO2S/c12-8-3-1-7(2-4-8)9-5-16-6-10(13-9)11(14)15/h1-4,10H,5-6H2,(H,14,15)/t10-/m0/s1. The third-order valence-electron chi connectivity index (χ3n) is 2.29. The Balaban J connectivity index is 2.26. The van der Waals surface area contributed by atoms with E-state index in [4.69, 9.17) is 5.11 Å². The average Bonchev–Trinajstić information content (AvgIpc) is 2.30. The van der Waals surface area contributed by atoms with Crippen molar-refractivity contribution in [1.29, 1.82) is 0 Å². The van der Waals surface area contributed by atoms with Gasteiger partial charge >= 0.3 is 5.97 Å². The van der Waals surface area contributed by atoms with Gasteiger partial charge in [0.15, 0.2) is 6.04 Å². The smallest absolute Gasteiger partial charge is 0.329 e. The fourth-order valence-corrected chi connectivity index (χ4v) is 2.45. The van der Waals surface area contributed by atoms with Gasteiger partial charge in [-0.1, -0.05) is 12.1 Å². The molecule has 0 bridgehead atoms. The molecule has 0 aliphatic carbocycles. The van der Waals surface area contributed by atoms with Gasteiger partial charge in [-0.15, -0.1) is 0 Å². The highest BCUT2D eigenvalue weighted by atomic mass is 32.2. The van der Waals surface area contributed by atoms with Crippen LogP contribution in [-0.4, -0.2) is 34.3 Å². The zero-order chi connectivity index (χ0) is 11.5. The lowest BCUT2D eigenvalue weighted by atomic mass is 10.1. The van der Waals surface area contributed by atoms with Crippen molar-refractivity contribution in [3.63, 3.8) is 0 Å². The number of nitrogens with zero attached hydrogens (tertiary/aromatic N) is 1. The van der Waals surface area contributed by atoms with Crippen molar-refractivity contribution in [1.82, 2.24) is 0 Å². The highest BCUT2D eigenvalue weighted by molar-refractivity contribution is 8.00. The lowest BCUT2D eigenvalue weighted by Gasteiger charge is -2.17. The molecule has 5 heteroatoms. The molecular weight excluding hydrogens is 229 g/mol. The van der Waals surface area contributed by atoms with Gasteiger partial charge in [-0.3, -0.25) is 4.99 Å². The van der Waals surface area contributed by atoms with Gasteiger partial charge in [-0.25, -0.2) is 9.18 Å². The molecule has 16 heavy (non-hydrogen) atoms. The number of thioether (sulfide) groups is 1. The number of rotatable bonds is 2. The summed E-state index contributed by atoms with van der Waals surface area (Å²) < 4.78 is 12.7. The Kier molecular flexibility index (Phi) is 3.24. The van der Waals surface area contributed by atoms with E-state index in [1.807, 2.05) is 0 Å². The topological polar surface area (TPSA) is 49.7 Å². The molecule has 0 aromatic heterocycles. The van der Waals surface area contributed by atoms with E-state index in [-0.39, 0.29) is 5.82 Å². The quantitative estimate of drug-likeness (QED) is 0.856. The first-order valence-electron chi connectivity index (χ1n) is 4.80. The van der Waals surface area contributed by atoms with Crippen molar-refractivity contribution < 1.29 is 14.3 Å². The fourth-order valence-electron chi connectivity index (χ4n) is 1.46. The number of halogens is 1. The minimum Gasteiger partial charge on any atom is -0.480 e. The SMILES string of the molecule is O=C(O)[C@@H]1CSCC(c2ccc(F)cc2)=N1. The number of aliphatic imine (C=N–C) groups is 1. The van der Waals surface area contributed by atoms with E-state index in [9.17, 15) is 9.18 Å². The molecular formula is C11H10FNO2S. The van der Waals surface area contributed by atoms with Gasteiger partial charge in [0.1, 0.15) is 5.82 Å². The predicted molar refractivity (Wildman–Crippen MR) is 61.7 cm³/mol. The summed E-state index contributed by atoms with van der Waals surface area (Å²) in [5.74, 6) is -0.0375. The van der Waals surface area contributed by atoms with Crippen LogP contribution in [0.5, 0.6) is 0 Å². The van der Waals surface area contributed by atoms with Crippen LogP contribution in [0.15, 0.2) is 29.3 Å². The number of carboxylic acid groups (broad SMARTS) is 1. The van der Waals surface area contributed by atoms with Crippen LogP contribution in [-0.2, 0) is 4.79 Å². The molecule has 84 valence electrons. The molecule has 1 aliphatic rings. The first kappa shape index (κ1) is 11.1. The van der Waals surface area contributed by atoms with Crippen LogP contribution in [0.2, 0.25) is 0 Å². The Morgan fingerprint density at radius 2 is 2.12 bits per heavy atom. The van der Waals surface area contributed by atoms with E-state index < -0.39 is 12.0 Å². The summed E-state index contributed by atoms with van der Waals surface area (Å²) in [4.78, 5) is 15.0. The number of aliphatic carboxylic acids is 1. The van der Waals surface area contributed by atoms with Crippen LogP contribution >= 0.6 is 11.8 Å². The highest BCUT2D eigenvalue weighted by Crippen LogP contribution is 2.18. The lowest BCUT2D eigenvalue weighted by Crippen LogP contribution is -2.27. The maximum absolute atomic E-state index is 12.7. The summed E-state index contributed by atoms with van der Waals surface area (Å²) >= 11 is 1.53. The molecule has 1 atom stereocenters. The molecule has 2 rings (SSSR count). The normalized spacial score (nSPS) is 20.3. The van der Waals surface area contributed by atoms with Crippen LogP contribution in [0.1, 0.15) is 5.56 Å². The molecule has 1 heterocycles. The largest absolute Gasteiger partial charge is 0.480 e. The zero-order valence-electron chi connectivity index (χ0n) is 8.39. The maximum Gasteiger partial charge on any atom is 0.329 e. The average molecular weight is 239 g/mol. The van der Waals surface area contributed by atoms with Gasteiger partial charge in [0, 0.05) is 11.5 Å². The van der Waals surface area contributed by atoms with Crippen LogP contribution in [0.4, 0.5) is 4.39 Å². The second kappa shape index (κ2) is 4.65. The third-order valence-corrected chi connectivity index (χ3v) is 3.32. The Bertz CT molecular complexity index is 430. The highest BCUT2D eigenvalue weighted by Gasteiger charge is 2.22. The van der Waals surface area contributed by atoms with Crippen molar-refractivity contribution in [3.05, 3.63) is 35.6 Å². The molecule has 0 amide bonds. The summed E-state index contributed by atoms with van der Waals surface area (Å²) in [5, 5.41) is 8.87. The van der Waals surface area contributed by atoms with E-state index in [0.29, 0.717) is 11.5 Å². The van der Waals surface area contributed by atoms with Crippen LogP contribution in [0, 0.1) is 5.82 Å². The van der Waals surface area contributed by atoms with Gasteiger partial charge in [0.05, 0.1) is 5.71 Å². The van der Waals surface area contributed by atoms with Crippen LogP contribution in [0.25, 0.3) is 0 Å². The lowest BCUT2D eigenvalue weighted by molar-refractivity contribution is -0.137. The summed E-state index contributed by atoms with van der Waals surface area (Å²) in [5.41, 5.74) is 1.52. The van der Waals surface area contributed by atoms with Crippen molar-refractivity contribution in [2.45, 2.75) is 6.04 Å². The Morgan fingerprint density at radius 1 is 1.44 bits per heavy atom. The molecule has 0 unspecified atom stereocenters. The molecule has 1 aliphatic heterocycles. The molecule has 1 N–H and O–H groups in total. The first-order chi connectivity index (χ1) is 7.66. The second-order valence-corrected chi connectivity index (χ2v) is 4.48. The summed E-state index contributed by atoms with van der Waals surface area (Å²) in [6.07, 6.45) is 0. The molecule has 0 fully saturated rings. The zero-order valence-corrected chi connectivity index (χ0v) is 9.21. The second-order valence-electron chi connectivity index (χ2n) is 3.45. The maximum atomic E-state index is 12.7. The van der Waals surface area contributed by atoms with E-state index in [0.717, 1.165) is 11.3 Å². The fraction of sp³-hybridized carbons (Fsp3) is 0.273. The van der Waals surface area contributed by atoms with Gasteiger partial charge in [0.25, 0.3) is 0 Å². The van der Waals surface area contributed by atoms with Crippen LogP contribution < -0.4 is 0 Å². The first-order valence-corrected chi connectivity index (χ1v) is 5.95. The predicted octanol–water partition coefficient (Wildman–Crippen LogP) is 1.81. The molecule has 0 saturated carbocycles. The van der Waals surface area contributed by atoms with E-state index in [2.05, 4.69) is 4.99 Å². The van der Waals surface area contributed by atoms with Crippen molar-refractivity contribution >= 4 is 23.4 Å². The minimum atomic E-state index is -0.910. The summed E-state index contributed by atoms with van der Waals surface area (Å²) in [6.45, 7) is 0. The van der Waals surface area contributed by atoms with Gasteiger partial charge in [-0.2, -0.15) is 11.8 Å². The summed E-state index contributed by atoms with van der Waals surface area (Å²) in [6, 6.07) is 5.27. The van der Waals surface area contributed by atoms with Crippen molar-refractivity contribution in [2.24, 2.45) is 4.99 Å². The number of benzene rings is 1. The van der Waals surface area contributed by atoms with Gasteiger partial charge in [0.2, 0.25) is 0 Å². The van der Waals surface area contributed by atoms with Crippen molar-refractivity contribution in [3.8, 4) is 0 Å². The molecule has 0 saturated heterocycles. The van der Waals surface area contributed by atoms with E-state index in [1.165, 1.54) is 23.9 Å². The molecule has 1 aromatic carbocycles. The molecule has 3 nitrogen and oxygen atoms in total. The van der Waals surface area contributed by atoms with Gasteiger partial charge < -0.3 is 5.11 Å². The van der Waals surface area contributed by atoms with E-state index in [1.54, 1.807) is 12.1 Å². The third kappa shape index (κ3) is 2.41. The molecule has 1 aromatic rings. The number of carboxylic acids is 1. The van der Waals surface area contributed by atoms with E-state index >= 15 is 0 Å². The minimum absolute atomic E-state index is 0.303. The number of carbonyl (C=O) groups is 1. The Hall–Kier alpha value is -1.36. The number of hydrogen-bond acceptors (Lipinski definition) is 3.